The number of hydrogen-bond donors (Lipinski definition) is 2. The number of halogens is 3. The van der Waals surface area contributed by atoms with Gasteiger partial charge >= 0.3 is 0 Å². The van der Waals surface area contributed by atoms with Crippen LogP contribution in [0.2, 0.25) is 0 Å². The first kappa shape index (κ1) is 18.3. The van der Waals surface area contributed by atoms with E-state index < -0.39 is 35.6 Å². The van der Waals surface area contributed by atoms with Crippen molar-refractivity contribution in [1.82, 2.24) is 5.32 Å². The number of ether oxygens (including phenoxy) is 1. The zero-order valence-electron chi connectivity index (χ0n) is 13.7. The minimum absolute atomic E-state index is 0.264. The molecule has 130 valence electrons. The van der Waals surface area contributed by atoms with Crippen molar-refractivity contribution >= 4 is 0 Å². The van der Waals surface area contributed by atoms with Crippen LogP contribution in [0.4, 0.5) is 13.2 Å². The third kappa shape index (κ3) is 4.07. The summed E-state index contributed by atoms with van der Waals surface area (Å²) in [6.07, 6.45) is -0.825. The number of nitrogens with one attached hydrogen (secondary N) is 1. The molecule has 2 rings (SSSR count). The van der Waals surface area contributed by atoms with Crippen molar-refractivity contribution in [2.24, 2.45) is 0 Å². The largest absolute Gasteiger partial charge is 0.497 e. The third-order valence-electron chi connectivity index (χ3n) is 3.95. The first-order valence-electron chi connectivity index (χ1n) is 7.56. The normalized spacial score (nSPS) is 15.0. The number of methoxy groups -OCH3 is 1. The maximum atomic E-state index is 13.3. The molecule has 3 atom stereocenters. The Morgan fingerprint density at radius 2 is 1.50 bits per heavy atom. The monoisotopic (exact) mass is 339 g/mol. The summed E-state index contributed by atoms with van der Waals surface area (Å²) in [4.78, 5) is 0. The van der Waals surface area contributed by atoms with Gasteiger partial charge < -0.3 is 15.2 Å². The molecular formula is C18H20F3NO2. The summed E-state index contributed by atoms with van der Waals surface area (Å²) in [5.74, 6) is -3.28. The Labute approximate surface area is 139 Å². The van der Waals surface area contributed by atoms with Crippen molar-refractivity contribution in [1.29, 1.82) is 0 Å². The van der Waals surface area contributed by atoms with Crippen LogP contribution in [0.5, 0.6) is 5.75 Å². The molecule has 2 aromatic rings. The van der Waals surface area contributed by atoms with Crippen molar-refractivity contribution < 1.29 is 23.0 Å². The van der Waals surface area contributed by atoms with Crippen LogP contribution in [0.3, 0.4) is 0 Å². The molecular weight excluding hydrogens is 319 g/mol. The molecule has 0 aromatic heterocycles. The number of benzene rings is 2. The topological polar surface area (TPSA) is 41.5 Å². The van der Waals surface area contributed by atoms with E-state index in [0.717, 1.165) is 12.1 Å². The number of hydrogen-bond acceptors (Lipinski definition) is 3. The molecule has 0 aliphatic heterocycles. The summed E-state index contributed by atoms with van der Waals surface area (Å²) in [5, 5.41) is 13.5. The summed E-state index contributed by atoms with van der Waals surface area (Å²) < 4.78 is 44.7. The summed E-state index contributed by atoms with van der Waals surface area (Å²) in [6, 6.07) is 7.97. The van der Waals surface area contributed by atoms with Crippen LogP contribution in [0, 0.1) is 17.5 Å². The van der Waals surface area contributed by atoms with Crippen LogP contribution in [-0.2, 0) is 0 Å². The summed E-state index contributed by atoms with van der Waals surface area (Å²) >= 11 is 0. The van der Waals surface area contributed by atoms with Crippen LogP contribution in [0.1, 0.15) is 37.1 Å². The molecule has 0 heterocycles. The van der Waals surface area contributed by atoms with Gasteiger partial charge in [0.2, 0.25) is 0 Å². The molecule has 0 saturated carbocycles. The van der Waals surface area contributed by atoms with E-state index in [1.54, 1.807) is 45.2 Å². The van der Waals surface area contributed by atoms with Crippen molar-refractivity contribution in [2.45, 2.75) is 32.0 Å². The molecule has 0 radical (unpaired) electrons. The highest BCUT2D eigenvalue weighted by Gasteiger charge is 2.20. The molecule has 3 unspecified atom stereocenters. The van der Waals surface area contributed by atoms with Crippen molar-refractivity contribution in [3.8, 4) is 5.75 Å². The quantitative estimate of drug-likeness (QED) is 0.785. The average molecular weight is 339 g/mol. The summed E-state index contributed by atoms with van der Waals surface area (Å²) in [5.41, 5.74) is 0.944. The van der Waals surface area contributed by atoms with E-state index >= 15 is 0 Å². The number of aliphatic hydroxyl groups is 1. The molecule has 0 amide bonds. The highest BCUT2D eigenvalue weighted by molar-refractivity contribution is 5.29. The molecule has 3 nitrogen and oxygen atoms in total. The maximum Gasteiger partial charge on any atom is 0.194 e. The number of rotatable bonds is 6. The summed E-state index contributed by atoms with van der Waals surface area (Å²) in [6.45, 7) is 3.44. The summed E-state index contributed by atoms with van der Waals surface area (Å²) in [7, 11) is 1.55. The van der Waals surface area contributed by atoms with Crippen molar-refractivity contribution in [3.63, 3.8) is 0 Å². The second-order valence-electron chi connectivity index (χ2n) is 5.69. The highest BCUT2D eigenvalue weighted by atomic mass is 19.2. The molecule has 0 aliphatic rings. The molecule has 0 fully saturated rings. The minimum Gasteiger partial charge on any atom is -0.497 e. The van der Waals surface area contributed by atoms with E-state index in [9.17, 15) is 18.3 Å². The molecule has 0 bridgehead atoms. The second-order valence-corrected chi connectivity index (χ2v) is 5.69. The zero-order chi connectivity index (χ0) is 17.9. The van der Waals surface area contributed by atoms with E-state index in [1.807, 2.05) is 0 Å². The molecule has 0 saturated heterocycles. The molecule has 6 heteroatoms. The lowest BCUT2D eigenvalue weighted by Crippen LogP contribution is -2.34. The lowest BCUT2D eigenvalue weighted by Gasteiger charge is -2.25. The van der Waals surface area contributed by atoms with E-state index in [0.29, 0.717) is 11.3 Å². The van der Waals surface area contributed by atoms with Gasteiger partial charge in [-0.25, -0.2) is 13.2 Å². The molecule has 0 spiro atoms. The van der Waals surface area contributed by atoms with Crippen LogP contribution in [0.25, 0.3) is 0 Å². The second kappa shape index (κ2) is 7.68. The fourth-order valence-corrected chi connectivity index (χ4v) is 2.50. The third-order valence-corrected chi connectivity index (χ3v) is 3.95. The Morgan fingerprint density at radius 1 is 0.958 bits per heavy atom. The predicted octanol–water partition coefficient (Wildman–Crippen LogP) is 3.89. The van der Waals surface area contributed by atoms with Crippen LogP contribution < -0.4 is 10.1 Å². The zero-order valence-corrected chi connectivity index (χ0v) is 13.7. The van der Waals surface area contributed by atoms with Gasteiger partial charge in [0.15, 0.2) is 17.5 Å². The lowest BCUT2D eigenvalue weighted by atomic mass is 10.0. The van der Waals surface area contributed by atoms with Gasteiger partial charge in [0, 0.05) is 12.1 Å². The standard InChI is InChI=1S/C18H20F3NO2/c1-10(13-8-15(19)17(21)16(20)9-13)22-11(2)18(23)12-4-6-14(24-3)7-5-12/h4-11,18,22-23H,1-3H3. The van der Waals surface area contributed by atoms with Gasteiger partial charge in [-0.3, -0.25) is 0 Å². The van der Waals surface area contributed by atoms with Crippen molar-refractivity contribution in [2.75, 3.05) is 7.11 Å². The Hall–Kier alpha value is -2.05. The van der Waals surface area contributed by atoms with Gasteiger partial charge in [-0.1, -0.05) is 12.1 Å². The van der Waals surface area contributed by atoms with E-state index in [2.05, 4.69) is 5.32 Å². The van der Waals surface area contributed by atoms with Crippen LogP contribution >= 0.6 is 0 Å². The van der Waals surface area contributed by atoms with E-state index in [-0.39, 0.29) is 5.56 Å². The molecule has 2 N–H and O–H groups in total. The first-order chi connectivity index (χ1) is 11.3. The van der Waals surface area contributed by atoms with Crippen molar-refractivity contribution in [3.05, 3.63) is 65.0 Å². The van der Waals surface area contributed by atoms with Gasteiger partial charge in [-0.05, 0) is 49.2 Å². The Balaban J connectivity index is 2.08. The molecule has 24 heavy (non-hydrogen) atoms. The molecule has 0 aliphatic carbocycles. The van der Waals surface area contributed by atoms with Gasteiger partial charge in [0.05, 0.1) is 13.2 Å². The fourth-order valence-electron chi connectivity index (χ4n) is 2.50. The van der Waals surface area contributed by atoms with E-state index in [4.69, 9.17) is 4.74 Å². The fraction of sp³-hybridized carbons (Fsp3) is 0.333. The van der Waals surface area contributed by atoms with Gasteiger partial charge in [-0.15, -0.1) is 0 Å². The molecule has 2 aromatic carbocycles. The Bertz CT molecular complexity index is 668. The van der Waals surface area contributed by atoms with E-state index in [1.165, 1.54) is 0 Å². The Kier molecular flexibility index (Phi) is 5.85. The Morgan fingerprint density at radius 3 is 2.00 bits per heavy atom. The maximum absolute atomic E-state index is 13.3. The minimum atomic E-state index is -1.49. The lowest BCUT2D eigenvalue weighted by molar-refractivity contribution is 0.130. The number of aliphatic hydroxyl groups excluding tert-OH is 1. The SMILES string of the molecule is COc1ccc(C(O)C(C)NC(C)c2cc(F)c(F)c(F)c2)cc1. The predicted molar refractivity (Wildman–Crippen MR) is 85.3 cm³/mol. The van der Waals surface area contributed by atoms with Gasteiger partial charge in [-0.2, -0.15) is 0 Å². The van der Waals surface area contributed by atoms with Crippen LogP contribution in [-0.4, -0.2) is 18.3 Å². The van der Waals surface area contributed by atoms with Gasteiger partial charge in [0.1, 0.15) is 5.75 Å². The average Bonchev–Trinajstić information content (AvgIpc) is 2.58. The highest BCUT2D eigenvalue weighted by Crippen LogP contribution is 2.24. The van der Waals surface area contributed by atoms with Gasteiger partial charge in [0.25, 0.3) is 0 Å². The first-order valence-corrected chi connectivity index (χ1v) is 7.56. The van der Waals surface area contributed by atoms with Crippen LogP contribution in [0.15, 0.2) is 36.4 Å². The smallest absolute Gasteiger partial charge is 0.194 e.